The molecule has 1 aromatic carbocycles. The minimum atomic E-state index is -2.60. The maximum absolute atomic E-state index is 13.0. The Morgan fingerprint density at radius 2 is 1.89 bits per heavy atom. The summed E-state index contributed by atoms with van der Waals surface area (Å²) in [6.07, 6.45) is -0.399. The highest BCUT2D eigenvalue weighted by molar-refractivity contribution is 5.56. The summed E-state index contributed by atoms with van der Waals surface area (Å²) in [4.78, 5) is 12.1. The quantitative estimate of drug-likeness (QED) is 0.603. The monoisotopic (exact) mass is 256 g/mol. The van der Waals surface area contributed by atoms with Gasteiger partial charge in [0.2, 0.25) is 0 Å². The lowest BCUT2D eigenvalue weighted by atomic mass is 10.1. The van der Waals surface area contributed by atoms with Crippen molar-refractivity contribution in [2.75, 3.05) is 18.0 Å². The van der Waals surface area contributed by atoms with Crippen molar-refractivity contribution in [3.05, 3.63) is 33.9 Å². The Kier molecular flexibility index (Phi) is 3.19. The summed E-state index contributed by atoms with van der Waals surface area (Å²) in [5.74, 6) is -2.60. The highest BCUT2D eigenvalue weighted by Crippen LogP contribution is 2.32. The van der Waals surface area contributed by atoms with Gasteiger partial charge in [0.1, 0.15) is 0 Å². The van der Waals surface area contributed by atoms with Crippen LogP contribution in [0.3, 0.4) is 0 Å². The maximum atomic E-state index is 13.0. The van der Waals surface area contributed by atoms with Gasteiger partial charge in [-0.15, -0.1) is 0 Å². The van der Waals surface area contributed by atoms with Gasteiger partial charge in [-0.05, 0) is 18.6 Å². The Labute approximate surface area is 103 Å². The molecular weight excluding hydrogens is 242 g/mol. The molecule has 98 valence electrons. The Hall–Kier alpha value is -1.72. The molecule has 1 fully saturated rings. The van der Waals surface area contributed by atoms with Crippen LogP contribution in [0.5, 0.6) is 0 Å². The van der Waals surface area contributed by atoms with E-state index in [1.165, 1.54) is 12.1 Å². The number of non-ortho nitro benzene ring substituents is 1. The number of hydrogen-bond acceptors (Lipinski definition) is 3. The molecule has 0 aliphatic carbocycles. The molecule has 1 aromatic rings. The highest BCUT2D eigenvalue weighted by Gasteiger charge is 2.34. The van der Waals surface area contributed by atoms with Gasteiger partial charge in [0.15, 0.2) is 0 Å². The number of anilines is 1. The van der Waals surface area contributed by atoms with Gasteiger partial charge in [-0.25, -0.2) is 8.78 Å². The van der Waals surface area contributed by atoms with Gasteiger partial charge in [-0.3, -0.25) is 10.1 Å². The fourth-order valence-electron chi connectivity index (χ4n) is 2.12. The number of nitrogens with zero attached hydrogens (tertiary/aromatic N) is 2. The van der Waals surface area contributed by atoms with Gasteiger partial charge < -0.3 is 4.90 Å². The van der Waals surface area contributed by atoms with Crippen molar-refractivity contribution in [2.24, 2.45) is 0 Å². The smallest absolute Gasteiger partial charge is 0.271 e. The normalized spacial score (nSPS) is 18.7. The number of aryl methyl sites for hydroxylation is 1. The summed E-state index contributed by atoms with van der Waals surface area (Å²) in [6, 6.07) is 4.70. The van der Waals surface area contributed by atoms with Crippen molar-refractivity contribution < 1.29 is 13.7 Å². The van der Waals surface area contributed by atoms with Gasteiger partial charge in [0, 0.05) is 43.8 Å². The van der Waals surface area contributed by atoms with Gasteiger partial charge in [0.25, 0.3) is 11.6 Å². The first kappa shape index (κ1) is 12.7. The number of halogens is 2. The van der Waals surface area contributed by atoms with E-state index in [1.54, 1.807) is 17.9 Å². The zero-order valence-corrected chi connectivity index (χ0v) is 10.0. The first-order valence-corrected chi connectivity index (χ1v) is 5.76. The van der Waals surface area contributed by atoms with Gasteiger partial charge in [-0.2, -0.15) is 0 Å². The van der Waals surface area contributed by atoms with Crippen molar-refractivity contribution in [1.82, 2.24) is 0 Å². The van der Waals surface area contributed by atoms with E-state index in [0.29, 0.717) is 5.69 Å². The third-order valence-corrected chi connectivity index (χ3v) is 3.12. The van der Waals surface area contributed by atoms with Crippen molar-refractivity contribution in [2.45, 2.75) is 25.7 Å². The third-order valence-electron chi connectivity index (χ3n) is 3.12. The van der Waals surface area contributed by atoms with E-state index in [4.69, 9.17) is 0 Å². The largest absolute Gasteiger partial charge is 0.371 e. The molecule has 0 amide bonds. The van der Waals surface area contributed by atoms with Crippen molar-refractivity contribution in [3.63, 3.8) is 0 Å². The average molecular weight is 256 g/mol. The van der Waals surface area contributed by atoms with E-state index in [9.17, 15) is 18.9 Å². The molecule has 1 aliphatic heterocycles. The molecule has 0 N–H and O–H groups in total. The van der Waals surface area contributed by atoms with E-state index in [-0.39, 0.29) is 31.6 Å². The minimum absolute atomic E-state index is 0.00216. The number of benzene rings is 1. The topological polar surface area (TPSA) is 46.4 Å². The molecule has 1 aliphatic rings. The summed E-state index contributed by atoms with van der Waals surface area (Å²) in [7, 11) is 0. The Balaban J connectivity index is 2.21. The Morgan fingerprint density at radius 1 is 1.28 bits per heavy atom. The van der Waals surface area contributed by atoms with Crippen LogP contribution in [0.15, 0.2) is 18.2 Å². The maximum Gasteiger partial charge on any atom is 0.271 e. The number of nitro benzene ring substituents is 1. The zero-order chi connectivity index (χ0) is 13.3. The molecule has 1 saturated heterocycles. The molecule has 0 spiro atoms. The summed E-state index contributed by atoms with van der Waals surface area (Å²) in [6.45, 7) is 2.22. The van der Waals surface area contributed by atoms with E-state index < -0.39 is 10.8 Å². The van der Waals surface area contributed by atoms with Crippen LogP contribution in [0.4, 0.5) is 20.2 Å². The van der Waals surface area contributed by atoms with E-state index in [0.717, 1.165) is 5.56 Å². The fourth-order valence-corrected chi connectivity index (χ4v) is 2.12. The van der Waals surface area contributed by atoms with Crippen LogP contribution >= 0.6 is 0 Å². The number of alkyl halides is 2. The van der Waals surface area contributed by atoms with Crippen LogP contribution in [-0.2, 0) is 0 Å². The standard InChI is InChI=1S/C12H14F2N2O2/c1-9-6-10(8-11(7-9)16(17)18)15-4-2-12(13,14)3-5-15/h6-8H,2-5H2,1H3. The Morgan fingerprint density at radius 3 is 2.44 bits per heavy atom. The van der Waals surface area contributed by atoms with Crippen molar-refractivity contribution in [3.8, 4) is 0 Å². The molecular formula is C12H14F2N2O2. The molecule has 0 aromatic heterocycles. The van der Waals surface area contributed by atoms with Gasteiger partial charge >= 0.3 is 0 Å². The lowest BCUT2D eigenvalue weighted by Gasteiger charge is -2.33. The number of piperidine rings is 1. The van der Waals surface area contributed by atoms with Crippen LogP contribution in [0.1, 0.15) is 18.4 Å². The summed E-state index contributed by atoms with van der Waals surface area (Å²) < 4.78 is 26.1. The molecule has 0 unspecified atom stereocenters. The first-order valence-electron chi connectivity index (χ1n) is 5.76. The zero-order valence-electron chi connectivity index (χ0n) is 10.0. The molecule has 18 heavy (non-hydrogen) atoms. The predicted molar refractivity (Wildman–Crippen MR) is 64.2 cm³/mol. The Bertz CT molecular complexity index is 467. The van der Waals surface area contributed by atoms with Gasteiger partial charge in [-0.1, -0.05) is 0 Å². The highest BCUT2D eigenvalue weighted by atomic mass is 19.3. The second kappa shape index (κ2) is 4.51. The molecule has 4 nitrogen and oxygen atoms in total. The SMILES string of the molecule is Cc1cc(N2CCC(F)(F)CC2)cc([N+](=O)[O-])c1. The van der Waals surface area contributed by atoms with Crippen LogP contribution in [0, 0.1) is 17.0 Å². The molecule has 1 heterocycles. The molecule has 0 saturated carbocycles. The summed E-state index contributed by atoms with van der Waals surface area (Å²) in [5.41, 5.74) is 1.41. The second-order valence-corrected chi connectivity index (χ2v) is 4.63. The van der Waals surface area contributed by atoms with Gasteiger partial charge in [0.05, 0.1) is 4.92 Å². The lowest BCUT2D eigenvalue weighted by molar-refractivity contribution is -0.384. The number of rotatable bonds is 2. The molecule has 6 heteroatoms. The minimum Gasteiger partial charge on any atom is -0.371 e. The van der Waals surface area contributed by atoms with E-state index in [2.05, 4.69) is 0 Å². The predicted octanol–water partition coefficient (Wildman–Crippen LogP) is 3.14. The summed E-state index contributed by atoms with van der Waals surface area (Å²) in [5, 5.41) is 10.8. The van der Waals surface area contributed by atoms with Crippen LogP contribution < -0.4 is 4.90 Å². The second-order valence-electron chi connectivity index (χ2n) is 4.63. The molecule has 0 atom stereocenters. The third kappa shape index (κ3) is 2.75. The summed E-state index contributed by atoms with van der Waals surface area (Å²) >= 11 is 0. The number of nitro groups is 1. The van der Waals surface area contributed by atoms with Crippen molar-refractivity contribution >= 4 is 11.4 Å². The van der Waals surface area contributed by atoms with E-state index >= 15 is 0 Å². The molecule has 0 radical (unpaired) electrons. The molecule has 0 bridgehead atoms. The van der Waals surface area contributed by atoms with E-state index in [1.807, 2.05) is 0 Å². The van der Waals surface area contributed by atoms with Crippen LogP contribution in [0.2, 0.25) is 0 Å². The number of hydrogen-bond donors (Lipinski definition) is 0. The molecule has 2 rings (SSSR count). The first-order chi connectivity index (χ1) is 8.37. The fraction of sp³-hybridized carbons (Fsp3) is 0.500. The average Bonchev–Trinajstić information content (AvgIpc) is 2.28. The van der Waals surface area contributed by atoms with Crippen LogP contribution in [0.25, 0.3) is 0 Å². The lowest BCUT2D eigenvalue weighted by Crippen LogP contribution is -2.39. The van der Waals surface area contributed by atoms with Crippen LogP contribution in [-0.4, -0.2) is 23.9 Å². The van der Waals surface area contributed by atoms with Crippen molar-refractivity contribution in [1.29, 1.82) is 0 Å².